The second-order valence-electron chi connectivity index (χ2n) is 4.88. The number of amides is 1. The average molecular weight is 282 g/mol. The molecule has 0 aliphatic carbocycles. The molecule has 1 aliphatic rings. The summed E-state index contributed by atoms with van der Waals surface area (Å²) in [6.45, 7) is 0.513. The average Bonchev–Trinajstić information content (AvgIpc) is 2.72. The van der Waals surface area contributed by atoms with Crippen LogP contribution >= 0.6 is 0 Å². The minimum atomic E-state index is -3.00. The van der Waals surface area contributed by atoms with Crippen molar-refractivity contribution in [2.24, 2.45) is 5.92 Å². The summed E-state index contributed by atoms with van der Waals surface area (Å²) in [6, 6.07) is 7.48. The maximum atomic E-state index is 11.8. The smallest absolute Gasteiger partial charge is 0.224 e. The Labute approximate surface area is 113 Å². The Morgan fingerprint density at radius 2 is 2.00 bits per heavy atom. The largest absolute Gasteiger partial charge is 0.399 e. The summed E-state index contributed by atoms with van der Waals surface area (Å²) in [4.78, 5) is 11.8. The van der Waals surface area contributed by atoms with Crippen LogP contribution < -0.4 is 11.1 Å². The number of sulfone groups is 1. The van der Waals surface area contributed by atoms with Crippen molar-refractivity contribution in [2.75, 3.05) is 23.8 Å². The predicted molar refractivity (Wildman–Crippen MR) is 74.3 cm³/mol. The number of hydrogen-bond donors (Lipinski definition) is 2. The third kappa shape index (κ3) is 3.96. The highest BCUT2D eigenvalue weighted by Gasteiger charge is 2.32. The second-order valence-corrected chi connectivity index (χ2v) is 7.11. The quantitative estimate of drug-likeness (QED) is 0.780. The zero-order valence-corrected chi connectivity index (χ0v) is 11.4. The highest BCUT2D eigenvalue weighted by atomic mass is 32.2. The van der Waals surface area contributed by atoms with Gasteiger partial charge in [0.05, 0.1) is 17.4 Å². The van der Waals surface area contributed by atoms with E-state index in [1.807, 2.05) is 24.3 Å². The highest BCUT2D eigenvalue weighted by Crippen LogP contribution is 2.18. The number of anilines is 1. The van der Waals surface area contributed by atoms with Gasteiger partial charge < -0.3 is 11.1 Å². The number of nitrogen functional groups attached to an aromatic ring is 1. The minimum Gasteiger partial charge on any atom is -0.399 e. The Balaban J connectivity index is 1.77. The van der Waals surface area contributed by atoms with E-state index >= 15 is 0 Å². The normalized spacial score (nSPS) is 21.2. The van der Waals surface area contributed by atoms with Gasteiger partial charge in [-0.05, 0) is 30.5 Å². The van der Waals surface area contributed by atoms with Crippen molar-refractivity contribution in [1.82, 2.24) is 5.32 Å². The summed E-state index contributed by atoms with van der Waals surface area (Å²) in [7, 11) is -3.00. The van der Waals surface area contributed by atoms with Crippen molar-refractivity contribution >= 4 is 21.4 Å². The van der Waals surface area contributed by atoms with E-state index in [9.17, 15) is 13.2 Å². The van der Waals surface area contributed by atoms with E-state index in [2.05, 4.69) is 5.32 Å². The van der Waals surface area contributed by atoms with E-state index in [-0.39, 0.29) is 23.3 Å². The number of hydrogen-bond acceptors (Lipinski definition) is 4. The lowest BCUT2D eigenvalue weighted by molar-refractivity contribution is -0.124. The molecule has 5 nitrogen and oxygen atoms in total. The first-order valence-corrected chi connectivity index (χ1v) is 8.11. The third-order valence-electron chi connectivity index (χ3n) is 3.30. The Morgan fingerprint density at radius 1 is 1.32 bits per heavy atom. The molecule has 19 heavy (non-hydrogen) atoms. The van der Waals surface area contributed by atoms with Gasteiger partial charge in [-0.25, -0.2) is 8.42 Å². The molecule has 1 fully saturated rings. The monoisotopic (exact) mass is 282 g/mol. The molecule has 0 radical (unpaired) electrons. The van der Waals surface area contributed by atoms with Crippen molar-refractivity contribution < 1.29 is 13.2 Å². The number of nitrogens with two attached hydrogens (primary N) is 1. The topological polar surface area (TPSA) is 89.3 Å². The van der Waals surface area contributed by atoms with E-state index < -0.39 is 9.84 Å². The Morgan fingerprint density at radius 3 is 2.58 bits per heavy atom. The van der Waals surface area contributed by atoms with Crippen LogP contribution in [0.15, 0.2) is 24.3 Å². The lowest BCUT2D eigenvalue weighted by Crippen LogP contribution is -2.32. The van der Waals surface area contributed by atoms with Crippen molar-refractivity contribution in [3.63, 3.8) is 0 Å². The van der Waals surface area contributed by atoms with E-state index in [1.165, 1.54) is 0 Å². The molecule has 6 heteroatoms. The summed E-state index contributed by atoms with van der Waals surface area (Å²) >= 11 is 0. The van der Waals surface area contributed by atoms with Crippen LogP contribution in [0.2, 0.25) is 0 Å². The van der Waals surface area contributed by atoms with Gasteiger partial charge in [0.1, 0.15) is 0 Å². The van der Waals surface area contributed by atoms with E-state index in [4.69, 9.17) is 5.73 Å². The van der Waals surface area contributed by atoms with Gasteiger partial charge in [-0.1, -0.05) is 12.1 Å². The fourth-order valence-electron chi connectivity index (χ4n) is 2.16. The van der Waals surface area contributed by atoms with Crippen LogP contribution in [0.3, 0.4) is 0 Å². The van der Waals surface area contributed by atoms with Crippen LogP contribution in [0.1, 0.15) is 12.0 Å². The molecule has 0 bridgehead atoms. The van der Waals surface area contributed by atoms with Gasteiger partial charge in [-0.15, -0.1) is 0 Å². The third-order valence-corrected chi connectivity index (χ3v) is 5.06. The van der Waals surface area contributed by atoms with Crippen LogP contribution in [-0.4, -0.2) is 32.4 Å². The lowest BCUT2D eigenvalue weighted by atomic mass is 10.1. The number of benzene rings is 1. The molecule has 1 saturated heterocycles. The zero-order chi connectivity index (χ0) is 13.9. The summed E-state index contributed by atoms with van der Waals surface area (Å²) in [5, 5.41) is 2.79. The first kappa shape index (κ1) is 13.9. The van der Waals surface area contributed by atoms with Gasteiger partial charge in [0.15, 0.2) is 9.84 Å². The fourth-order valence-corrected chi connectivity index (χ4v) is 3.90. The molecule has 1 aromatic rings. The molecule has 0 aromatic heterocycles. The number of nitrogens with one attached hydrogen (secondary N) is 1. The fraction of sp³-hybridized carbons (Fsp3) is 0.462. The summed E-state index contributed by atoms with van der Waals surface area (Å²) in [5.74, 6) is -0.419. The maximum Gasteiger partial charge on any atom is 0.224 e. The van der Waals surface area contributed by atoms with Crippen LogP contribution in [0.25, 0.3) is 0 Å². The van der Waals surface area contributed by atoms with Crippen molar-refractivity contribution in [2.45, 2.75) is 12.8 Å². The van der Waals surface area contributed by atoms with Crippen LogP contribution in [0, 0.1) is 5.92 Å². The molecule has 1 aromatic carbocycles. The summed E-state index contributed by atoms with van der Waals surface area (Å²) in [6.07, 6.45) is 1.15. The number of carbonyl (C=O) groups excluding carboxylic acids is 1. The van der Waals surface area contributed by atoms with Crippen molar-refractivity contribution in [1.29, 1.82) is 0 Å². The predicted octanol–water partition coefficient (Wildman–Crippen LogP) is 0.362. The van der Waals surface area contributed by atoms with Gasteiger partial charge in [-0.3, -0.25) is 4.79 Å². The molecule has 1 atom stereocenters. The highest BCUT2D eigenvalue weighted by molar-refractivity contribution is 7.91. The first-order chi connectivity index (χ1) is 8.96. The Kier molecular flexibility index (Phi) is 4.09. The van der Waals surface area contributed by atoms with Gasteiger partial charge in [-0.2, -0.15) is 0 Å². The second kappa shape index (κ2) is 5.61. The molecule has 1 unspecified atom stereocenters. The molecule has 104 valence electrons. The molecular weight excluding hydrogens is 264 g/mol. The molecule has 3 N–H and O–H groups in total. The van der Waals surface area contributed by atoms with Crippen LogP contribution in [-0.2, 0) is 21.1 Å². The van der Waals surface area contributed by atoms with Crippen molar-refractivity contribution in [3.05, 3.63) is 29.8 Å². The molecule has 1 heterocycles. The maximum absolute atomic E-state index is 11.8. The summed E-state index contributed by atoms with van der Waals surface area (Å²) in [5.41, 5.74) is 7.39. The number of carbonyl (C=O) groups is 1. The van der Waals surface area contributed by atoms with E-state index in [0.717, 1.165) is 5.56 Å². The van der Waals surface area contributed by atoms with E-state index in [0.29, 0.717) is 25.1 Å². The van der Waals surface area contributed by atoms with Gasteiger partial charge in [0, 0.05) is 12.2 Å². The number of rotatable bonds is 4. The minimum absolute atomic E-state index is 0.0132. The Hall–Kier alpha value is -1.56. The standard InChI is InChI=1S/C13H18N2O3S/c14-12-3-1-10(2-4-12)5-7-15-13(16)11-6-8-19(17,18)9-11/h1-4,11H,5-9,14H2,(H,15,16). The molecule has 1 amide bonds. The Bertz CT molecular complexity index is 552. The zero-order valence-electron chi connectivity index (χ0n) is 10.6. The van der Waals surface area contributed by atoms with Gasteiger partial charge in [0.25, 0.3) is 0 Å². The molecular formula is C13H18N2O3S. The molecule has 0 saturated carbocycles. The SMILES string of the molecule is Nc1ccc(CCNC(=O)C2CCS(=O)(=O)C2)cc1. The van der Waals surface area contributed by atoms with E-state index in [1.54, 1.807) is 0 Å². The molecule has 0 spiro atoms. The molecule has 1 aliphatic heterocycles. The molecule has 2 rings (SSSR count). The van der Waals surface area contributed by atoms with Gasteiger partial charge in [0.2, 0.25) is 5.91 Å². The lowest BCUT2D eigenvalue weighted by Gasteiger charge is -2.09. The first-order valence-electron chi connectivity index (χ1n) is 6.29. The van der Waals surface area contributed by atoms with Crippen LogP contribution in [0.4, 0.5) is 5.69 Å². The van der Waals surface area contributed by atoms with Gasteiger partial charge >= 0.3 is 0 Å². The summed E-state index contributed by atoms with van der Waals surface area (Å²) < 4.78 is 22.6. The van der Waals surface area contributed by atoms with Crippen molar-refractivity contribution in [3.8, 4) is 0 Å². The van der Waals surface area contributed by atoms with Crippen LogP contribution in [0.5, 0.6) is 0 Å².